The van der Waals surface area contributed by atoms with E-state index in [1.54, 1.807) is 13.8 Å². The minimum atomic E-state index is -0.684. The summed E-state index contributed by atoms with van der Waals surface area (Å²) in [7, 11) is 0. The van der Waals surface area contributed by atoms with E-state index in [0.29, 0.717) is 5.56 Å². The Labute approximate surface area is 88.7 Å². The van der Waals surface area contributed by atoms with Crippen LogP contribution in [0.2, 0.25) is 0 Å². The fourth-order valence-electron chi connectivity index (χ4n) is 1.15. The predicted octanol–water partition coefficient (Wildman–Crippen LogP) is 0.695. The molecule has 5 heteroatoms. The van der Waals surface area contributed by atoms with Crippen LogP contribution in [0.4, 0.5) is 0 Å². The molecule has 0 aliphatic carbocycles. The molecule has 0 saturated heterocycles. The maximum atomic E-state index is 11.3. The van der Waals surface area contributed by atoms with Gasteiger partial charge in [-0.05, 0) is 42.0 Å². The number of nitrogens with one attached hydrogen (secondary N) is 1. The van der Waals surface area contributed by atoms with E-state index in [4.69, 9.17) is 5.73 Å². The molecule has 1 heterocycles. The number of hydrogen-bond donors (Lipinski definition) is 2. The SMILES string of the molecule is Cc1[nH]c(=O)c(C(N)=O)c(C)c1I. The molecule has 0 atom stereocenters. The Morgan fingerprint density at radius 3 is 2.46 bits per heavy atom. The van der Waals surface area contributed by atoms with Crippen LogP contribution in [0.1, 0.15) is 21.6 Å². The predicted molar refractivity (Wildman–Crippen MR) is 57.8 cm³/mol. The second-order valence-electron chi connectivity index (χ2n) is 2.76. The molecule has 1 aromatic rings. The van der Waals surface area contributed by atoms with E-state index < -0.39 is 11.5 Å². The van der Waals surface area contributed by atoms with Gasteiger partial charge in [0.2, 0.25) is 0 Å². The Morgan fingerprint density at radius 1 is 1.46 bits per heavy atom. The molecule has 4 nitrogen and oxygen atoms in total. The van der Waals surface area contributed by atoms with Crippen LogP contribution >= 0.6 is 22.6 Å². The van der Waals surface area contributed by atoms with Crippen molar-refractivity contribution in [3.05, 3.63) is 30.7 Å². The van der Waals surface area contributed by atoms with Gasteiger partial charge in [-0.25, -0.2) is 0 Å². The van der Waals surface area contributed by atoms with Crippen LogP contribution < -0.4 is 11.3 Å². The third-order valence-electron chi connectivity index (χ3n) is 1.81. The third-order valence-corrected chi connectivity index (χ3v) is 3.43. The number of amides is 1. The van der Waals surface area contributed by atoms with Crippen molar-refractivity contribution in [2.45, 2.75) is 13.8 Å². The quantitative estimate of drug-likeness (QED) is 0.747. The smallest absolute Gasteiger partial charge is 0.261 e. The summed E-state index contributed by atoms with van der Waals surface area (Å²) in [5.74, 6) is -0.684. The van der Waals surface area contributed by atoms with Crippen molar-refractivity contribution in [1.29, 1.82) is 0 Å². The minimum absolute atomic E-state index is 0.0509. The normalized spacial score (nSPS) is 10.1. The van der Waals surface area contributed by atoms with Crippen LogP contribution in [-0.4, -0.2) is 10.9 Å². The van der Waals surface area contributed by atoms with Gasteiger partial charge in [0.25, 0.3) is 11.5 Å². The van der Waals surface area contributed by atoms with Crippen LogP contribution in [0.15, 0.2) is 4.79 Å². The van der Waals surface area contributed by atoms with Gasteiger partial charge in [-0.15, -0.1) is 0 Å². The van der Waals surface area contributed by atoms with Crippen LogP contribution in [-0.2, 0) is 0 Å². The highest BCUT2D eigenvalue weighted by atomic mass is 127. The minimum Gasteiger partial charge on any atom is -0.365 e. The van der Waals surface area contributed by atoms with E-state index in [1.165, 1.54) is 0 Å². The molecule has 0 fully saturated rings. The molecule has 1 aromatic heterocycles. The van der Waals surface area contributed by atoms with Gasteiger partial charge in [0, 0.05) is 9.26 Å². The van der Waals surface area contributed by atoms with E-state index in [-0.39, 0.29) is 5.56 Å². The lowest BCUT2D eigenvalue weighted by Gasteiger charge is -2.05. The number of primary amides is 1. The van der Waals surface area contributed by atoms with Gasteiger partial charge in [-0.2, -0.15) is 0 Å². The molecule has 0 spiro atoms. The zero-order valence-electron chi connectivity index (χ0n) is 7.27. The molecule has 0 saturated carbocycles. The van der Waals surface area contributed by atoms with Crippen molar-refractivity contribution < 1.29 is 4.79 Å². The van der Waals surface area contributed by atoms with Gasteiger partial charge in [0.05, 0.1) is 0 Å². The summed E-state index contributed by atoms with van der Waals surface area (Å²) in [5, 5.41) is 0. The van der Waals surface area contributed by atoms with Crippen molar-refractivity contribution in [1.82, 2.24) is 4.98 Å². The Hall–Kier alpha value is -0.850. The summed E-state index contributed by atoms with van der Waals surface area (Å²) in [6.07, 6.45) is 0. The number of aromatic nitrogens is 1. The standard InChI is InChI=1S/C8H9IN2O2/c1-3-5(7(10)12)8(13)11-4(2)6(3)9/h1-2H3,(H2,10,12)(H,11,13). The Balaban J connectivity index is 3.63. The fourth-order valence-corrected chi connectivity index (χ4v) is 1.55. The molecule has 70 valence electrons. The first-order chi connectivity index (χ1) is 5.95. The van der Waals surface area contributed by atoms with Crippen LogP contribution in [0.25, 0.3) is 0 Å². The lowest BCUT2D eigenvalue weighted by Crippen LogP contribution is -2.26. The zero-order valence-corrected chi connectivity index (χ0v) is 9.43. The van der Waals surface area contributed by atoms with E-state index in [0.717, 1.165) is 9.26 Å². The summed E-state index contributed by atoms with van der Waals surface area (Å²) >= 11 is 2.07. The van der Waals surface area contributed by atoms with Crippen molar-refractivity contribution in [3.63, 3.8) is 0 Å². The molecule has 0 aliphatic rings. The van der Waals surface area contributed by atoms with E-state index >= 15 is 0 Å². The number of halogens is 1. The molecule has 0 bridgehead atoms. The molecule has 1 rings (SSSR count). The highest BCUT2D eigenvalue weighted by Crippen LogP contribution is 2.14. The average molecular weight is 292 g/mol. The number of aromatic amines is 1. The van der Waals surface area contributed by atoms with Crippen molar-refractivity contribution >= 4 is 28.5 Å². The average Bonchev–Trinajstić information content (AvgIpc) is 1.99. The summed E-state index contributed by atoms with van der Waals surface area (Å²) in [5.41, 5.74) is 6.11. The van der Waals surface area contributed by atoms with Gasteiger partial charge >= 0.3 is 0 Å². The molecule has 0 aromatic carbocycles. The van der Waals surface area contributed by atoms with Gasteiger partial charge in [0.1, 0.15) is 5.56 Å². The van der Waals surface area contributed by atoms with E-state index in [1.807, 2.05) is 0 Å². The molecule has 1 amide bonds. The summed E-state index contributed by atoms with van der Waals surface area (Å²) in [4.78, 5) is 24.8. The second-order valence-corrected chi connectivity index (χ2v) is 3.84. The summed E-state index contributed by atoms with van der Waals surface area (Å²) in [6.45, 7) is 3.49. The molecular weight excluding hydrogens is 283 g/mol. The summed E-state index contributed by atoms with van der Waals surface area (Å²) in [6, 6.07) is 0. The molecule has 0 radical (unpaired) electrons. The van der Waals surface area contributed by atoms with Crippen molar-refractivity contribution in [2.24, 2.45) is 5.73 Å². The monoisotopic (exact) mass is 292 g/mol. The van der Waals surface area contributed by atoms with Gasteiger partial charge < -0.3 is 10.7 Å². The maximum Gasteiger partial charge on any atom is 0.261 e. The van der Waals surface area contributed by atoms with Gasteiger partial charge in [0.15, 0.2) is 0 Å². The molecule has 0 aliphatic heterocycles. The van der Waals surface area contributed by atoms with E-state index in [9.17, 15) is 9.59 Å². The first-order valence-corrected chi connectivity index (χ1v) is 4.71. The molecule has 0 unspecified atom stereocenters. The largest absolute Gasteiger partial charge is 0.365 e. The maximum absolute atomic E-state index is 11.3. The molecule has 3 N–H and O–H groups in total. The highest BCUT2D eigenvalue weighted by Gasteiger charge is 2.14. The summed E-state index contributed by atoms with van der Waals surface area (Å²) < 4.78 is 0.867. The lowest BCUT2D eigenvalue weighted by atomic mass is 10.1. The number of nitrogens with two attached hydrogens (primary N) is 1. The third kappa shape index (κ3) is 1.74. The topological polar surface area (TPSA) is 75.9 Å². The van der Waals surface area contributed by atoms with E-state index in [2.05, 4.69) is 27.6 Å². The Morgan fingerprint density at radius 2 is 2.00 bits per heavy atom. The number of pyridine rings is 1. The Kier molecular flexibility index (Phi) is 2.74. The number of carbonyl (C=O) groups is 1. The number of H-pyrrole nitrogens is 1. The first kappa shape index (κ1) is 10.2. The number of aryl methyl sites for hydroxylation is 1. The van der Waals surface area contributed by atoms with Crippen LogP contribution in [0.3, 0.4) is 0 Å². The fraction of sp³-hybridized carbons (Fsp3) is 0.250. The Bertz CT molecular complexity index is 423. The highest BCUT2D eigenvalue weighted by molar-refractivity contribution is 14.1. The number of rotatable bonds is 1. The molecular formula is C8H9IN2O2. The van der Waals surface area contributed by atoms with Gasteiger partial charge in [-0.3, -0.25) is 9.59 Å². The number of hydrogen-bond acceptors (Lipinski definition) is 2. The number of carbonyl (C=O) groups excluding carboxylic acids is 1. The zero-order chi connectivity index (χ0) is 10.2. The van der Waals surface area contributed by atoms with Gasteiger partial charge in [-0.1, -0.05) is 0 Å². The second kappa shape index (κ2) is 3.49. The van der Waals surface area contributed by atoms with Crippen molar-refractivity contribution in [2.75, 3.05) is 0 Å². The lowest BCUT2D eigenvalue weighted by molar-refractivity contribution is 0.0998. The van der Waals surface area contributed by atoms with Crippen molar-refractivity contribution in [3.8, 4) is 0 Å². The molecule has 13 heavy (non-hydrogen) atoms. The van der Waals surface area contributed by atoms with Crippen LogP contribution in [0, 0.1) is 17.4 Å². The van der Waals surface area contributed by atoms with Crippen LogP contribution in [0.5, 0.6) is 0 Å². The first-order valence-electron chi connectivity index (χ1n) is 3.64.